The van der Waals surface area contributed by atoms with Gasteiger partial charge in [0, 0.05) is 6.20 Å². The van der Waals surface area contributed by atoms with Gasteiger partial charge in [0.05, 0.1) is 23.1 Å². The molecule has 0 unspecified atom stereocenters. The number of H-pyrrole nitrogens is 2. The number of anilines is 2. The molecule has 146 valence electrons. The molecule has 3 heterocycles. The molecule has 2 atom stereocenters. The lowest BCUT2D eigenvalue weighted by atomic mass is 10.0. The third-order valence-electron chi connectivity index (χ3n) is 4.95. The zero-order valence-corrected chi connectivity index (χ0v) is 15.9. The highest BCUT2D eigenvalue weighted by Crippen LogP contribution is 2.27. The Balaban J connectivity index is 1.57. The van der Waals surface area contributed by atoms with Crippen LogP contribution in [-0.2, 0) is 4.74 Å². The van der Waals surface area contributed by atoms with Gasteiger partial charge in [0.1, 0.15) is 12.4 Å². The molecule has 0 saturated carbocycles. The fourth-order valence-corrected chi connectivity index (χ4v) is 3.34. The van der Waals surface area contributed by atoms with Crippen molar-refractivity contribution >= 4 is 28.9 Å². The average molecular weight is 382 g/mol. The van der Waals surface area contributed by atoms with Crippen molar-refractivity contribution in [2.75, 3.05) is 16.8 Å². The molecule has 1 fully saturated rings. The molecule has 1 aromatic carbocycles. The number of hydrogen-bond acceptors (Lipinski definition) is 6. The van der Waals surface area contributed by atoms with E-state index < -0.39 is 6.09 Å². The highest BCUT2D eigenvalue weighted by Gasteiger charge is 2.37. The van der Waals surface area contributed by atoms with Gasteiger partial charge < -0.3 is 20.0 Å². The largest absolute Gasteiger partial charge is 0.447 e. The van der Waals surface area contributed by atoms with Crippen LogP contribution in [-0.4, -0.2) is 38.7 Å². The second-order valence-corrected chi connectivity index (χ2v) is 7.25. The van der Waals surface area contributed by atoms with Crippen LogP contribution in [0.1, 0.15) is 32.4 Å². The number of amides is 1. The Hall–Kier alpha value is -3.36. The van der Waals surface area contributed by atoms with Gasteiger partial charge in [-0.05, 0) is 36.6 Å². The van der Waals surface area contributed by atoms with Crippen molar-refractivity contribution in [1.29, 1.82) is 0 Å². The second kappa shape index (κ2) is 6.99. The summed E-state index contributed by atoms with van der Waals surface area (Å²) in [5.41, 5.74) is 2.23. The summed E-state index contributed by atoms with van der Waals surface area (Å²) in [7, 11) is 0. The van der Waals surface area contributed by atoms with Crippen molar-refractivity contribution in [1.82, 2.24) is 19.9 Å². The van der Waals surface area contributed by atoms with Gasteiger partial charge in [0.25, 0.3) is 0 Å². The van der Waals surface area contributed by atoms with Crippen LogP contribution in [0.15, 0.2) is 35.3 Å². The van der Waals surface area contributed by atoms with E-state index in [-0.39, 0.29) is 23.7 Å². The van der Waals surface area contributed by atoms with Crippen molar-refractivity contribution in [3.63, 3.8) is 0 Å². The van der Waals surface area contributed by atoms with Crippen LogP contribution in [0, 0.1) is 5.92 Å². The van der Waals surface area contributed by atoms with Crippen LogP contribution >= 0.6 is 0 Å². The van der Waals surface area contributed by atoms with Crippen molar-refractivity contribution in [3.8, 4) is 0 Å². The standard InChI is InChI=1S/C19H22N6O3/c1-10(2)15-9-28-19(27)25(15)16-6-7-20-17(24-16)21-11(3)12-4-5-13-14(8-12)23-18(26)22-13/h4-8,10-11,15H,9H2,1-3H3,(H,20,21,24)(H2,22,23,26)/t11-,15-/m1/s1. The number of ether oxygens (including phenoxy) is 1. The molecule has 3 aromatic rings. The molecule has 1 amide bonds. The van der Waals surface area contributed by atoms with E-state index in [0.717, 1.165) is 16.6 Å². The summed E-state index contributed by atoms with van der Waals surface area (Å²) in [5, 5.41) is 3.25. The minimum absolute atomic E-state index is 0.0551. The average Bonchev–Trinajstić information content (AvgIpc) is 3.22. The number of cyclic esters (lactones) is 1. The number of rotatable bonds is 5. The lowest BCUT2D eigenvalue weighted by Gasteiger charge is -2.23. The highest BCUT2D eigenvalue weighted by molar-refractivity contribution is 5.89. The Morgan fingerprint density at radius 1 is 1.18 bits per heavy atom. The first kappa shape index (κ1) is 18.0. The van der Waals surface area contributed by atoms with Crippen LogP contribution in [0.5, 0.6) is 0 Å². The van der Waals surface area contributed by atoms with E-state index in [1.165, 1.54) is 0 Å². The number of nitrogens with zero attached hydrogens (tertiary/aromatic N) is 3. The number of carbonyl (C=O) groups excluding carboxylic acids is 1. The van der Waals surface area contributed by atoms with Gasteiger partial charge >= 0.3 is 11.8 Å². The Bertz CT molecular complexity index is 1070. The Labute approximate surface area is 161 Å². The minimum atomic E-state index is -0.390. The zero-order valence-electron chi connectivity index (χ0n) is 15.9. The molecule has 4 rings (SSSR count). The summed E-state index contributed by atoms with van der Waals surface area (Å²) in [6, 6.07) is 7.23. The number of imidazole rings is 1. The lowest BCUT2D eigenvalue weighted by molar-refractivity contribution is 0.177. The third kappa shape index (κ3) is 3.30. The van der Waals surface area contributed by atoms with Gasteiger partial charge in [0.15, 0.2) is 0 Å². The number of hydrogen-bond donors (Lipinski definition) is 3. The Morgan fingerprint density at radius 2 is 1.96 bits per heavy atom. The van der Waals surface area contributed by atoms with Gasteiger partial charge in [-0.15, -0.1) is 0 Å². The Morgan fingerprint density at radius 3 is 2.75 bits per heavy atom. The molecule has 0 spiro atoms. The summed E-state index contributed by atoms with van der Waals surface area (Å²) >= 11 is 0. The van der Waals surface area contributed by atoms with Crippen LogP contribution < -0.4 is 15.9 Å². The predicted octanol–water partition coefficient (Wildman–Crippen LogP) is 2.80. The van der Waals surface area contributed by atoms with Gasteiger partial charge in [-0.3, -0.25) is 4.90 Å². The van der Waals surface area contributed by atoms with E-state index in [1.807, 2.05) is 39.0 Å². The summed E-state index contributed by atoms with van der Waals surface area (Å²) in [4.78, 5) is 39.4. The molecule has 1 saturated heterocycles. The molecular formula is C19H22N6O3. The lowest BCUT2D eigenvalue weighted by Crippen LogP contribution is -2.37. The van der Waals surface area contributed by atoms with Gasteiger partial charge in [-0.25, -0.2) is 14.6 Å². The molecule has 9 nitrogen and oxygen atoms in total. The highest BCUT2D eigenvalue weighted by atomic mass is 16.6. The first-order valence-electron chi connectivity index (χ1n) is 9.20. The van der Waals surface area contributed by atoms with E-state index in [1.54, 1.807) is 17.2 Å². The monoisotopic (exact) mass is 382 g/mol. The molecule has 1 aliphatic rings. The maximum atomic E-state index is 12.2. The number of aromatic amines is 2. The SMILES string of the molecule is CC(C)[C@H]1COC(=O)N1c1ccnc(N[C@H](C)c2ccc3[nH]c(=O)[nH]c3c2)n1. The maximum absolute atomic E-state index is 12.2. The number of benzene rings is 1. The first-order valence-corrected chi connectivity index (χ1v) is 9.20. The molecule has 3 N–H and O–H groups in total. The van der Waals surface area contributed by atoms with Gasteiger partial charge in [-0.1, -0.05) is 19.9 Å². The maximum Gasteiger partial charge on any atom is 0.415 e. The number of fused-ring (bicyclic) bond motifs is 1. The molecular weight excluding hydrogens is 360 g/mol. The van der Waals surface area contributed by atoms with E-state index in [2.05, 4.69) is 25.3 Å². The van der Waals surface area contributed by atoms with E-state index in [4.69, 9.17) is 4.74 Å². The number of aromatic nitrogens is 4. The topological polar surface area (TPSA) is 116 Å². The summed E-state index contributed by atoms with van der Waals surface area (Å²) in [6.45, 7) is 6.42. The molecule has 1 aliphatic heterocycles. The van der Waals surface area contributed by atoms with Crippen LogP contribution in [0.2, 0.25) is 0 Å². The fourth-order valence-electron chi connectivity index (χ4n) is 3.34. The molecule has 0 aliphatic carbocycles. The van der Waals surface area contributed by atoms with Crippen molar-refractivity contribution in [3.05, 3.63) is 46.5 Å². The van der Waals surface area contributed by atoms with E-state index in [9.17, 15) is 9.59 Å². The summed E-state index contributed by atoms with van der Waals surface area (Å²) < 4.78 is 5.20. The molecule has 0 bridgehead atoms. The normalized spacial score (nSPS) is 17.9. The Kier molecular flexibility index (Phi) is 4.50. The van der Waals surface area contributed by atoms with Gasteiger partial charge in [0.2, 0.25) is 5.95 Å². The quantitative estimate of drug-likeness (QED) is 0.625. The summed E-state index contributed by atoms with van der Waals surface area (Å²) in [6.07, 6.45) is 1.23. The molecule has 0 radical (unpaired) electrons. The van der Waals surface area contributed by atoms with Crippen LogP contribution in [0.4, 0.5) is 16.6 Å². The molecule has 2 aromatic heterocycles. The van der Waals surface area contributed by atoms with Crippen molar-refractivity contribution < 1.29 is 9.53 Å². The van der Waals surface area contributed by atoms with Crippen molar-refractivity contribution in [2.45, 2.75) is 32.9 Å². The second-order valence-electron chi connectivity index (χ2n) is 7.25. The van der Waals surface area contributed by atoms with Crippen LogP contribution in [0.25, 0.3) is 11.0 Å². The van der Waals surface area contributed by atoms with Gasteiger partial charge in [-0.2, -0.15) is 4.98 Å². The molecule has 9 heteroatoms. The number of nitrogens with one attached hydrogen (secondary N) is 3. The van der Waals surface area contributed by atoms with Crippen molar-refractivity contribution in [2.24, 2.45) is 5.92 Å². The van der Waals surface area contributed by atoms with E-state index in [0.29, 0.717) is 18.4 Å². The van der Waals surface area contributed by atoms with E-state index >= 15 is 0 Å². The number of carbonyl (C=O) groups is 1. The predicted molar refractivity (Wildman–Crippen MR) is 105 cm³/mol. The first-order chi connectivity index (χ1) is 13.4. The fraction of sp³-hybridized carbons (Fsp3) is 0.368. The smallest absolute Gasteiger partial charge is 0.415 e. The molecule has 28 heavy (non-hydrogen) atoms. The minimum Gasteiger partial charge on any atom is -0.447 e. The zero-order chi connectivity index (χ0) is 19.8. The summed E-state index contributed by atoms with van der Waals surface area (Å²) in [5.74, 6) is 1.16. The third-order valence-corrected chi connectivity index (χ3v) is 4.95. The van der Waals surface area contributed by atoms with Crippen LogP contribution in [0.3, 0.4) is 0 Å².